The third kappa shape index (κ3) is 5.37. The predicted molar refractivity (Wildman–Crippen MR) is 76.9 cm³/mol. The molecule has 21 heavy (non-hydrogen) atoms. The molecule has 1 atom stereocenters. The van der Waals surface area contributed by atoms with E-state index in [2.05, 4.69) is 10.6 Å². The minimum atomic E-state index is -4.53. The molecule has 1 rings (SSSR count). The quantitative estimate of drug-likeness (QED) is 0.790. The van der Waals surface area contributed by atoms with Crippen LogP contribution in [0.4, 0.5) is 18.9 Å². The number of alkyl halides is 3. The molecule has 1 aromatic rings. The van der Waals surface area contributed by atoms with Gasteiger partial charge in [0.2, 0.25) is 0 Å². The van der Waals surface area contributed by atoms with Crippen LogP contribution >= 0.6 is 0 Å². The summed E-state index contributed by atoms with van der Waals surface area (Å²) in [6, 6.07) is 3.37. The Morgan fingerprint density at radius 2 is 2.00 bits per heavy atom. The van der Waals surface area contributed by atoms with Gasteiger partial charge in [-0.05, 0) is 24.6 Å². The lowest BCUT2D eigenvalue weighted by molar-refractivity contribution is -0.136. The Hall–Kier alpha value is -1.57. The number of carbonyl (C=O) groups excluding carboxylic acids is 1. The topological polar surface area (TPSA) is 58.2 Å². The average Bonchev–Trinajstić information content (AvgIpc) is 2.41. The number of halogens is 3. The van der Waals surface area contributed by atoms with Crippen molar-refractivity contribution in [1.29, 1.82) is 0 Å². The Morgan fingerprint density at radius 3 is 2.52 bits per heavy atom. The van der Waals surface area contributed by atoms with E-state index in [1.54, 1.807) is 6.26 Å². The summed E-state index contributed by atoms with van der Waals surface area (Å²) in [5, 5.41) is 4.96. The molecule has 1 aromatic carbocycles. The molecule has 0 bridgehead atoms. The molecule has 0 radical (unpaired) electrons. The second-order valence-electron chi connectivity index (χ2n) is 4.39. The molecule has 0 aliphatic rings. The number of carbonyl (C=O) groups is 1. The Morgan fingerprint density at radius 1 is 1.33 bits per heavy atom. The van der Waals surface area contributed by atoms with E-state index in [9.17, 15) is 22.2 Å². The molecule has 0 saturated heterocycles. The molecular formula is C13H17F3N2O2S. The lowest BCUT2D eigenvalue weighted by Gasteiger charge is -2.14. The normalized spacial score (nSPS) is 12.8. The standard InChI is InChI=1S/C13H17F3N2O2S/c1-17-11-5-4-9(8-10(11)13(14,15)16)12(19)18-6-3-7-21(2)20/h4-5,8,17H,3,6-7H2,1-2H3,(H,18,19). The lowest BCUT2D eigenvalue weighted by atomic mass is 10.1. The minimum absolute atomic E-state index is 0.0565. The SMILES string of the molecule is CNc1ccc(C(=O)NCCCS(C)=O)cc1C(F)(F)F. The van der Waals surface area contributed by atoms with Crippen molar-refractivity contribution >= 4 is 22.4 Å². The van der Waals surface area contributed by atoms with E-state index >= 15 is 0 Å². The fourth-order valence-corrected chi connectivity index (χ4v) is 2.27. The van der Waals surface area contributed by atoms with Crippen LogP contribution in [0.25, 0.3) is 0 Å². The van der Waals surface area contributed by atoms with Gasteiger partial charge in [0.05, 0.1) is 5.56 Å². The van der Waals surface area contributed by atoms with E-state index in [0.717, 1.165) is 6.07 Å². The first-order valence-corrected chi connectivity index (χ1v) is 7.95. The fourth-order valence-electron chi connectivity index (χ4n) is 1.72. The zero-order chi connectivity index (χ0) is 16.0. The van der Waals surface area contributed by atoms with Crippen molar-refractivity contribution in [1.82, 2.24) is 5.32 Å². The zero-order valence-corrected chi connectivity index (χ0v) is 12.5. The number of hydrogen-bond donors (Lipinski definition) is 2. The second-order valence-corrected chi connectivity index (χ2v) is 5.95. The lowest BCUT2D eigenvalue weighted by Crippen LogP contribution is -2.26. The van der Waals surface area contributed by atoms with E-state index < -0.39 is 28.4 Å². The van der Waals surface area contributed by atoms with Gasteiger partial charge in [-0.1, -0.05) is 0 Å². The molecule has 118 valence electrons. The molecule has 1 amide bonds. The van der Waals surface area contributed by atoms with Crippen molar-refractivity contribution in [2.24, 2.45) is 0 Å². The Labute approximate surface area is 123 Å². The third-order valence-corrected chi connectivity index (χ3v) is 3.61. The summed E-state index contributed by atoms with van der Waals surface area (Å²) in [5.41, 5.74) is -1.02. The number of anilines is 1. The van der Waals surface area contributed by atoms with Crippen molar-refractivity contribution in [2.75, 3.05) is 30.9 Å². The second kappa shape index (κ2) is 7.44. The van der Waals surface area contributed by atoms with Gasteiger partial charge in [-0.3, -0.25) is 9.00 Å². The summed E-state index contributed by atoms with van der Waals surface area (Å²) < 4.78 is 49.5. The molecule has 2 N–H and O–H groups in total. The van der Waals surface area contributed by atoms with Crippen LogP contribution in [-0.2, 0) is 17.0 Å². The molecule has 0 aromatic heterocycles. The van der Waals surface area contributed by atoms with Gasteiger partial charge >= 0.3 is 6.18 Å². The first kappa shape index (κ1) is 17.5. The highest BCUT2D eigenvalue weighted by molar-refractivity contribution is 7.84. The van der Waals surface area contributed by atoms with Gasteiger partial charge in [-0.15, -0.1) is 0 Å². The van der Waals surface area contributed by atoms with E-state index in [1.807, 2.05) is 0 Å². The Bertz CT molecular complexity index is 533. The van der Waals surface area contributed by atoms with Crippen LogP contribution in [0.3, 0.4) is 0 Å². The molecule has 1 unspecified atom stereocenters. The van der Waals surface area contributed by atoms with Crippen LogP contribution in [0.15, 0.2) is 18.2 Å². The fraction of sp³-hybridized carbons (Fsp3) is 0.462. The van der Waals surface area contributed by atoms with Crippen LogP contribution in [0, 0.1) is 0 Å². The van der Waals surface area contributed by atoms with Crippen molar-refractivity contribution < 1.29 is 22.2 Å². The highest BCUT2D eigenvalue weighted by Crippen LogP contribution is 2.35. The van der Waals surface area contributed by atoms with Crippen LogP contribution in [0.2, 0.25) is 0 Å². The van der Waals surface area contributed by atoms with E-state index in [0.29, 0.717) is 12.2 Å². The number of amides is 1. The van der Waals surface area contributed by atoms with Crippen LogP contribution in [-0.4, -0.2) is 35.7 Å². The maximum atomic E-state index is 12.9. The number of nitrogens with one attached hydrogen (secondary N) is 2. The molecule has 0 spiro atoms. The van der Waals surface area contributed by atoms with Crippen LogP contribution in [0.5, 0.6) is 0 Å². The van der Waals surface area contributed by atoms with E-state index in [1.165, 1.54) is 19.2 Å². The van der Waals surface area contributed by atoms with Crippen LogP contribution < -0.4 is 10.6 Å². The van der Waals surface area contributed by atoms with Crippen molar-refractivity contribution in [3.8, 4) is 0 Å². The molecule has 0 heterocycles. The van der Waals surface area contributed by atoms with Crippen molar-refractivity contribution in [3.05, 3.63) is 29.3 Å². The summed E-state index contributed by atoms with van der Waals surface area (Å²) in [4.78, 5) is 11.8. The smallest absolute Gasteiger partial charge is 0.388 e. The van der Waals surface area contributed by atoms with Gasteiger partial charge in [0.1, 0.15) is 0 Å². The van der Waals surface area contributed by atoms with Gasteiger partial charge < -0.3 is 10.6 Å². The molecule has 0 fully saturated rings. The third-order valence-electron chi connectivity index (χ3n) is 2.75. The summed E-state index contributed by atoms with van der Waals surface area (Å²) in [6.45, 7) is 0.271. The Balaban J connectivity index is 2.79. The first-order valence-electron chi connectivity index (χ1n) is 6.23. The molecule has 8 heteroatoms. The van der Waals surface area contributed by atoms with Gasteiger partial charge in [-0.2, -0.15) is 13.2 Å². The minimum Gasteiger partial charge on any atom is -0.388 e. The number of benzene rings is 1. The van der Waals surface area contributed by atoms with Gasteiger partial charge in [0.15, 0.2) is 0 Å². The molecule has 0 saturated carbocycles. The maximum Gasteiger partial charge on any atom is 0.418 e. The Kier molecular flexibility index (Phi) is 6.19. The summed E-state index contributed by atoms with van der Waals surface area (Å²) in [6.07, 6.45) is -2.47. The zero-order valence-electron chi connectivity index (χ0n) is 11.7. The largest absolute Gasteiger partial charge is 0.418 e. The van der Waals surface area contributed by atoms with E-state index in [-0.39, 0.29) is 17.8 Å². The average molecular weight is 322 g/mol. The van der Waals surface area contributed by atoms with Gasteiger partial charge in [0.25, 0.3) is 5.91 Å². The summed E-state index contributed by atoms with van der Waals surface area (Å²) in [5.74, 6) is -0.141. The summed E-state index contributed by atoms with van der Waals surface area (Å²) in [7, 11) is 0.431. The molecule has 0 aliphatic heterocycles. The monoisotopic (exact) mass is 322 g/mol. The molecular weight excluding hydrogens is 305 g/mol. The predicted octanol–water partition coefficient (Wildman–Crippen LogP) is 2.25. The van der Waals surface area contributed by atoms with Crippen molar-refractivity contribution in [2.45, 2.75) is 12.6 Å². The highest BCUT2D eigenvalue weighted by Gasteiger charge is 2.34. The molecule has 4 nitrogen and oxygen atoms in total. The summed E-state index contributed by atoms with van der Waals surface area (Å²) >= 11 is 0. The molecule has 0 aliphatic carbocycles. The van der Waals surface area contributed by atoms with Gasteiger partial charge in [0, 0.05) is 47.7 Å². The highest BCUT2D eigenvalue weighted by atomic mass is 32.2. The van der Waals surface area contributed by atoms with Crippen molar-refractivity contribution in [3.63, 3.8) is 0 Å². The van der Waals surface area contributed by atoms with Gasteiger partial charge in [-0.25, -0.2) is 0 Å². The maximum absolute atomic E-state index is 12.9. The van der Waals surface area contributed by atoms with Crippen LogP contribution in [0.1, 0.15) is 22.3 Å². The number of rotatable bonds is 6. The first-order chi connectivity index (χ1) is 9.75. The number of hydrogen-bond acceptors (Lipinski definition) is 3. The van der Waals surface area contributed by atoms with E-state index in [4.69, 9.17) is 0 Å².